The molecule has 1 N–H and O–H groups in total. The zero-order chi connectivity index (χ0) is 16.4. The van der Waals surface area contributed by atoms with E-state index in [1.165, 1.54) is 0 Å². The Labute approximate surface area is 135 Å². The third-order valence-corrected chi connectivity index (χ3v) is 3.74. The maximum atomic E-state index is 9.77. The maximum absolute atomic E-state index is 9.77. The highest BCUT2D eigenvalue weighted by Gasteiger charge is 2.15. The third kappa shape index (κ3) is 2.59. The van der Waals surface area contributed by atoms with Crippen LogP contribution in [0.5, 0.6) is 5.75 Å². The molecule has 1 aromatic carbocycles. The molecule has 2 heterocycles. The van der Waals surface area contributed by atoms with Crippen LogP contribution in [0.1, 0.15) is 24.0 Å². The quantitative estimate of drug-likeness (QED) is 0.727. The Balaban J connectivity index is 2.23. The highest BCUT2D eigenvalue weighted by molar-refractivity contribution is 5.62. The number of phenols is 1. The van der Waals surface area contributed by atoms with E-state index in [2.05, 4.69) is 6.58 Å². The van der Waals surface area contributed by atoms with Crippen LogP contribution in [-0.2, 0) is 0 Å². The summed E-state index contributed by atoms with van der Waals surface area (Å²) in [5.41, 5.74) is 3.75. The van der Waals surface area contributed by atoms with Crippen LogP contribution in [0.15, 0.2) is 55.3 Å². The van der Waals surface area contributed by atoms with E-state index in [0.29, 0.717) is 0 Å². The first-order valence-corrected chi connectivity index (χ1v) is 7.47. The topological polar surface area (TPSA) is 42.5 Å². The number of aromatic nitrogens is 3. The standard InChI is InChI=1S/C19H19N3O/c1-4-6-7-11-18-14(3)21-13-15(5-2)22(19(21)20-18)16-9-8-10-17(23)12-16/h4-13,23H,2H2,1,3H3/b6-4-,11-7-. The molecule has 0 unspecified atom stereocenters. The second-order valence-corrected chi connectivity index (χ2v) is 5.25. The fourth-order valence-corrected chi connectivity index (χ4v) is 2.59. The summed E-state index contributed by atoms with van der Waals surface area (Å²) in [7, 11) is 0. The minimum Gasteiger partial charge on any atom is -0.508 e. The average Bonchev–Trinajstić information content (AvgIpc) is 3.05. The zero-order valence-corrected chi connectivity index (χ0v) is 13.3. The van der Waals surface area contributed by atoms with Gasteiger partial charge in [0.2, 0.25) is 5.78 Å². The molecule has 0 saturated heterocycles. The Bertz CT molecular complexity index is 926. The van der Waals surface area contributed by atoms with Gasteiger partial charge in [0.15, 0.2) is 0 Å². The van der Waals surface area contributed by atoms with Gasteiger partial charge in [0.25, 0.3) is 0 Å². The molecule has 4 heteroatoms. The number of benzene rings is 1. The second kappa shape index (κ2) is 6.01. The number of hydrogen-bond acceptors (Lipinski definition) is 2. The molecule has 0 atom stereocenters. The fourth-order valence-electron chi connectivity index (χ4n) is 2.59. The van der Waals surface area contributed by atoms with Crippen LogP contribution < -0.4 is 0 Å². The molecule has 0 radical (unpaired) electrons. The van der Waals surface area contributed by atoms with E-state index < -0.39 is 0 Å². The predicted octanol–water partition coefficient (Wildman–Crippen LogP) is 4.37. The smallest absolute Gasteiger partial charge is 0.219 e. The van der Waals surface area contributed by atoms with Crippen LogP contribution >= 0.6 is 0 Å². The van der Waals surface area contributed by atoms with E-state index in [4.69, 9.17) is 4.98 Å². The van der Waals surface area contributed by atoms with Gasteiger partial charge < -0.3 is 5.11 Å². The van der Waals surface area contributed by atoms with Crippen LogP contribution in [0.2, 0.25) is 0 Å². The van der Waals surface area contributed by atoms with Crippen molar-refractivity contribution >= 4 is 17.9 Å². The zero-order valence-electron chi connectivity index (χ0n) is 13.3. The number of nitrogens with zero attached hydrogens (tertiary/aromatic N) is 3. The van der Waals surface area contributed by atoms with E-state index >= 15 is 0 Å². The van der Waals surface area contributed by atoms with Crippen LogP contribution in [-0.4, -0.2) is 19.1 Å². The molecule has 0 spiro atoms. The Morgan fingerprint density at radius 2 is 2.09 bits per heavy atom. The lowest BCUT2D eigenvalue weighted by Crippen LogP contribution is -1.97. The molecule has 0 aliphatic carbocycles. The molecule has 0 fully saturated rings. The van der Waals surface area contributed by atoms with Crippen molar-refractivity contribution in [1.82, 2.24) is 14.0 Å². The van der Waals surface area contributed by atoms with Crippen molar-refractivity contribution in [2.24, 2.45) is 0 Å². The molecule has 0 bridgehead atoms. The summed E-state index contributed by atoms with van der Waals surface area (Å²) in [6, 6.07) is 7.12. The summed E-state index contributed by atoms with van der Waals surface area (Å²) in [5.74, 6) is 1.02. The number of allylic oxidation sites excluding steroid dienone is 3. The summed E-state index contributed by atoms with van der Waals surface area (Å²) in [4.78, 5) is 4.73. The van der Waals surface area contributed by atoms with Gasteiger partial charge in [0.05, 0.1) is 17.1 Å². The fraction of sp³-hybridized carbons (Fsp3) is 0.105. The number of aryl methyl sites for hydroxylation is 1. The van der Waals surface area contributed by atoms with Crippen molar-refractivity contribution in [1.29, 1.82) is 0 Å². The van der Waals surface area contributed by atoms with Crippen LogP contribution in [0.25, 0.3) is 23.6 Å². The number of imidazole rings is 2. The first-order valence-electron chi connectivity index (χ1n) is 7.47. The molecule has 0 aliphatic rings. The summed E-state index contributed by atoms with van der Waals surface area (Å²) in [6.45, 7) is 7.90. The van der Waals surface area contributed by atoms with Crippen molar-refractivity contribution in [3.8, 4) is 11.4 Å². The Kier molecular flexibility index (Phi) is 3.89. The Morgan fingerprint density at radius 1 is 1.26 bits per heavy atom. The van der Waals surface area contributed by atoms with Gasteiger partial charge in [-0.15, -0.1) is 0 Å². The molecule has 0 aliphatic heterocycles. The monoisotopic (exact) mass is 305 g/mol. The van der Waals surface area contributed by atoms with Crippen molar-refractivity contribution in [2.45, 2.75) is 13.8 Å². The van der Waals surface area contributed by atoms with Crippen molar-refractivity contribution in [2.75, 3.05) is 0 Å². The second-order valence-electron chi connectivity index (χ2n) is 5.25. The largest absolute Gasteiger partial charge is 0.508 e. The first-order chi connectivity index (χ1) is 11.2. The number of phenolic OH excluding ortho intramolecular Hbond substituents is 1. The van der Waals surface area contributed by atoms with E-state index in [1.807, 2.05) is 65.4 Å². The van der Waals surface area contributed by atoms with E-state index in [1.54, 1.807) is 18.2 Å². The van der Waals surface area contributed by atoms with E-state index in [-0.39, 0.29) is 5.75 Å². The van der Waals surface area contributed by atoms with Gasteiger partial charge in [-0.2, -0.15) is 0 Å². The number of fused-ring (bicyclic) bond motifs is 1. The number of aromatic hydroxyl groups is 1. The highest BCUT2D eigenvalue weighted by atomic mass is 16.3. The summed E-state index contributed by atoms with van der Waals surface area (Å²) in [6.07, 6.45) is 11.7. The normalized spacial score (nSPS) is 11.9. The Morgan fingerprint density at radius 3 is 2.78 bits per heavy atom. The van der Waals surface area contributed by atoms with Crippen LogP contribution in [0.3, 0.4) is 0 Å². The number of hydrogen-bond donors (Lipinski definition) is 1. The SMILES string of the molecule is C=Cc1cn2c(C)c(/C=C\C=C/C)nc2n1-c1cccc(O)c1. The lowest BCUT2D eigenvalue weighted by Gasteiger charge is -2.06. The van der Waals surface area contributed by atoms with Gasteiger partial charge in [-0.05, 0) is 38.1 Å². The van der Waals surface area contributed by atoms with Crippen LogP contribution in [0.4, 0.5) is 0 Å². The van der Waals surface area contributed by atoms with Gasteiger partial charge >= 0.3 is 0 Å². The Hall–Kier alpha value is -3.01. The van der Waals surface area contributed by atoms with Gasteiger partial charge in [-0.1, -0.05) is 30.9 Å². The van der Waals surface area contributed by atoms with Crippen molar-refractivity contribution in [3.63, 3.8) is 0 Å². The maximum Gasteiger partial charge on any atom is 0.219 e. The van der Waals surface area contributed by atoms with Crippen molar-refractivity contribution < 1.29 is 5.11 Å². The molecule has 0 amide bonds. The molecule has 0 saturated carbocycles. The van der Waals surface area contributed by atoms with Gasteiger partial charge in [-0.25, -0.2) is 4.98 Å². The number of rotatable bonds is 4. The molecule has 116 valence electrons. The molecule has 3 aromatic rings. The highest BCUT2D eigenvalue weighted by Crippen LogP contribution is 2.24. The third-order valence-electron chi connectivity index (χ3n) is 3.74. The minimum absolute atomic E-state index is 0.223. The van der Waals surface area contributed by atoms with Crippen molar-refractivity contribution in [3.05, 3.63) is 72.4 Å². The average molecular weight is 305 g/mol. The van der Waals surface area contributed by atoms with Gasteiger partial charge in [0, 0.05) is 18.0 Å². The molecule has 2 aromatic heterocycles. The molecular weight excluding hydrogens is 286 g/mol. The molecule has 23 heavy (non-hydrogen) atoms. The summed E-state index contributed by atoms with van der Waals surface area (Å²) in [5, 5.41) is 9.77. The summed E-state index contributed by atoms with van der Waals surface area (Å²) < 4.78 is 4.02. The predicted molar refractivity (Wildman–Crippen MR) is 94.9 cm³/mol. The summed E-state index contributed by atoms with van der Waals surface area (Å²) >= 11 is 0. The van der Waals surface area contributed by atoms with E-state index in [9.17, 15) is 5.11 Å². The molecular formula is C19H19N3O. The molecule has 4 nitrogen and oxygen atoms in total. The van der Waals surface area contributed by atoms with Gasteiger partial charge in [-0.3, -0.25) is 8.97 Å². The van der Waals surface area contributed by atoms with E-state index in [0.717, 1.165) is 28.5 Å². The van der Waals surface area contributed by atoms with Crippen LogP contribution in [0, 0.1) is 6.92 Å². The first kappa shape index (κ1) is 14.9. The minimum atomic E-state index is 0.223. The molecule has 3 rings (SSSR count). The lowest BCUT2D eigenvalue weighted by atomic mass is 10.3. The lowest BCUT2D eigenvalue weighted by molar-refractivity contribution is 0.475. The van der Waals surface area contributed by atoms with Gasteiger partial charge in [0.1, 0.15) is 5.75 Å².